The smallest absolute Gasteiger partial charge is 0.305 e. The molecule has 0 aliphatic heterocycles. The number of nitrogens with two attached hydrogens (primary N) is 1. The third-order valence-corrected chi connectivity index (χ3v) is 2.89. The van der Waals surface area contributed by atoms with Gasteiger partial charge in [0.05, 0.1) is 6.42 Å². The second-order valence-electron chi connectivity index (χ2n) is 4.31. The molecule has 0 fully saturated rings. The van der Waals surface area contributed by atoms with Gasteiger partial charge in [-0.05, 0) is 23.3 Å². The molecule has 0 spiro atoms. The number of hydrogen-bond acceptors (Lipinski definition) is 2. The first-order chi connectivity index (χ1) is 9.08. The first-order valence-corrected chi connectivity index (χ1v) is 5.90. The van der Waals surface area contributed by atoms with Gasteiger partial charge in [-0.1, -0.05) is 36.4 Å². The van der Waals surface area contributed by atoms with Crippen molar-refractivity contribution in [1.29, 1.82) is 0 Å². The molecule has 3 nitrogen and oxygen atoms in total. The second kappa shape index (κ2) is 5.63. The van der Waals surface area contributed by atoms with Crippen molar-refractivity contribution < 1.29 is 14.3 Å². The Hall–Kier alpha value is -2.20. The summed E-state index contributed by atoms with van der Waals surface area (Å²) in [5.41, 5.74) is 7.66. The maximum Gasteiger partial charge on any atom is 0.305 e. The molecule has 0 amide bonds. The van der Waals surface area contributed by atoms with Gasteiger partial charge in [0, 0.05) is 11.6 Å². The first kappa shape index (κ1) is 13.2. The quantitative estimate of drug-likeness (QED) is 0.887. The predicted octanol–water partition coefficient (Wildman–Crippen LogP) is 2.97. The SMILES string of the molecule is N[C@@H](CC(=O)O)c1cccc(-c2ccccc2F)c1. The summed E-state index contributed by atoms with van der Waals surface area (Å²) in [6.45, 7) is 0. The van der Waals surface area contributed by atoms with E-state index in [1.54, 1.807) is 42.5 Å². The Labute approximate surface area is 110 Å². The van der Waals surface area contributed by atoms with Crippen LogP contribution in [0.25, 0.3) is 11.1 Å². The number of benzene rings is 2. The van der Waals surface area contributed by atoms with Crippen molar-refractivity contribution in [3.05, 3.63) is 59.9 Å². The fraction of sp³-hybridized carbons (Fsp3) is 0.133. The lowest BCUT2D eigenvalue weighted by molar-refractivity contribution is -0.137. The van der Waals surface area contributed by atoms with Crippen LogP contribution in [-0.2, 0) is 4.79 Å². The number of carbonyl (C=O) groups is 1. The number of halogens is 1. The number of hydrogen-bond donors (Lipinski definition) is 2. The zero-order chi connectivity index (χ0) is 13.8. The molecule has 4 heteroatoms. The zero-order valence-corrected chi connectivity index (χ0v) is 10.2. The molecule has 0 bridgehead atoms. The molecule has 0 heterocycles. The topological polar surface area (TPSA) is 63.3 Å². The van der Waals surface area contributed by atoms with E-state index in [0.717, 1.165) is 0 Å². The van der Waals surface area contributed by atoms with E-state index in [2.05, 4.69) is 0 Å². The molecule has 3 N–H and O–H groups in total. The second-order valence-corrected chi connectivity index (χ2v) is 4.31. The van der Waals surface area contributed by atoms with E-state index in [-0.39, 0.29) is 12.2 Å². The summed E-state index contributed by atoms with van der Waals surface area (Å²) in [6.07, 6.45) is -0.152. The van der Waals surface area contributed by atoms with Crippen LogP contribution in [0.15, 0.2) is 48.5 Å². The van der Waals surface area contributed by atoms with E-state index < -0.39 is 12.0 Å². The normalized spacial score (nSPS) is 12.1. The van der Waals surface area contributed by atoms with Gasteiger partial charge in [-0.2, -0.15) is 0 Å². The summed E-state index contributed by atoms with van der Waals surface area (Å²) in [4.78, 5) is 10.7. The standard InChI is InChI=1S/C15H14FNO2/c16-13-7-2-1-6-12(13)10-4-3-5-11(8-10)14(17)9-15(18)19/h1-8,14H,9,17H2,(H,18,19)/t14-/m0/s1. The van der Waals surface area contributed by atoms with Gasteiger partial charge in [-0.15, -0.1) is 0 Å². The molecule has 0 saturated heterocycles. The minimum atomic E-state index is -0.955. The molecule has 98 valence electrons. The summed E-state index contributed by atoms with van der Waals surface area (Å²) in [7, 11) is 0. The Bertz CT molecular complexity index is 598. The van der Waals surface area contributed by atoms with Crippen LogP contribution >= 0.6 is 0 Å². The molecule has 0 aromatic heterocycles. The molecule has 2 aromatic carbocycles. The van der Waals surface area contributed by atoms with Crippen LogP contribution in [0, 0.1) is 5.82 Å². The molecule has 0 saturated carbocycles. The summed E-state index contributed by atoms with van der Waals surface area (Å²) in [5.74, 6) is -1.27. The molecular weight excluding hydrogens is 245 g/mol. The maximum absolute atomic E-state index is 13.7. The van der Waals surface area contributed by atoms with E-state index in [4.69, 9.17) is 10.8 Å². The van der Waals surface area contributed by atoms with Crippen LogP contribution in [0.4, 0.5) is 4.39 Å². The number of carboxylic acids is 1. The Morgan fingerprint density at radius 2 is 1.95 bits per heavy atom. The van der Waals surface area contributed by atoms with Crippen molar-refractivity contribution in [2.24, 2.45) is 5.73 Å². The highest BCUT2D eigenvalue weighted by molar-refractivity contribution is 5.69. The van der Waals surface area contributed by atoms with Crippen LogP contribution in [0.1, 0.15) is 18.0 Å². The average molecular weight is 259 g/mol. The van der Waals surface area contributed by atoms with Crippen molar-refractivity contribution in [2.45, 2.75) is 12.5 Å². The lowest BCUT2D eigenvalue weighted by Gasteiger charge is -2.11. The summed E-state index contributed by atoms with van der Waals surface area (Å²) >= 11 is 0. The highest BCUT2D eigenvalue weighted by Gasteiger charge is 2.12. The largest absolute Gasteiger partial charge is 0.481 e. The minimum absolute atomic E-state index is 0.152. The molecule has 2 rings (SSSR count). The van der Waals surface area contributed by atoms with Crippen molar-refractivity contribution in [3.8, 4) is 11.1 Å². The first-order valence-electron chi connectivity index (χ1n) is 5.90. The summed E-state index contributed by atoms with van der Waals surface area (Å²) in [6, 6.07) is 12.8. The number of rotatable bonds is 4. The Morgan fingerprint density at radius 3 is 2.63 bits per heavy atom. The van der Waals surface area contributed by atoms with Gasteiger partial charge in [0.1, 0.15) is 5.82 Å². The van der Waals surface area contributed by atoms with E-state index in [0.29, 0.717) is 16.7 Å². The van der Waals surface area contributed by atoms with Crippen molar-refractivity contribution in [1.82, 2.24) is 0 Å². The fourth-order valence-electron chi connectivity index (χ4n) is 1.94. The van der Waals surface area contributed by atoms with Gasteiger partial charge in [0.15, 0.2) is 0 Å². The highest BCUT2D eigenvalue weighted by Crippen LogP contribution is 2.25. The summed E-state index contributed by atoms with van der Waals surface area (Å²) in [5, 5.41) is 8.74. The molecule has 0 aliphatic carbocycles. The zero-order valence-electron chi connectivity index (χ0n) is 10.2. The van der Waals surface area contributed by atoms with Gasteiger partial charge in [0.25, 0.3) is 0 Å². The molecule has 0 radical (unpaired) electrons. The molecule has 0 aliphatic rings. The lowest BCUT2D eigenvalue weighted by Crippen LogP contribution is -2.14. The molecular formula is C15H14FNO2. The molecule has 2 aromatic rings. The minimum Gasteiger partial charge on any atom is -0.481 e. The van der Waals surface area contributed by atoms with Crippen LogP contribution in [0.3, 0.4) is 0 Å². The number of carboxylic acid groups (broad SMARTS) is 1. The third kappa shape index (κ3) is 3.17. The fourth-order valence-corrected chi connectivity index (χ4v) is 1.94. The van der Waals surface area contributed by atoms with Crippen LogP contribution in [0.5, 0.6) is 0 Å². The predicted molar refractivity (Wildman–Crippen MR) is 71.0 cm³/mol. The third-order valence-electron chi connectivity index (χ3n) is 2.89. The van der Waals surface area contributed by atoms with Crippen LogP contribution in [0.2, 0.25) is 0 Å². The van der Waals surface area contributed by atoms with Crippen LogP contribution in [-0.4, -0.2) is 11.1 Å². The van der Waals surface area contributed by atoms with Crippen molar-refractivity contribution in [2.75, 3.05) is 0 Å². The highest BCUT2D eigenvalue weighted by atomic mass is 19.1. The van der Waals surface area contributed by atoms with E-state index in [1.807, 2.05) is 0 Å². The van der Waals surface area contributed by atoms with Gasteiger partial charge in [0.2, 0.25) is 0 Å². The number of aliphatic carboxylic acids is 1. The molecule has 0 unspecified atom stereocenters. The molecule has 19 heavy (non-hydrogen) atoms. The van der Waals surface area contributed by atoms with Crippen molar-refractivity contribution in [3.63, 3.8) is 0 Å². The maximum atomic E-state index is 13.7. The Morgan fingerprint density at radius 1 is 1.21 bits per heavy atom. The summed E-state index contributed by atoms with van der Waals surface area (Å²) < 4.78 is 13.7. The van der Waals surface area contributed by atoms with Gasteiger partial charge in [-0.3, -0.25) is 4.79 Å². The van der Waals surface area contributed by atoms with Crippen molar-refractivity contribution >= 4 is 5.97 Å². The Balaban J connectivity index is 2.34. The van der Waals surface area contributed by atoms with Gasteiger partial charge in [-0.25, -0.2) is 4.39 Å². The monoisotopic (exact) mass is 259 g/mol. The Kier molecular flexibility index (Phi) is 3.92. The lowest BCUT2D eigenvalue weighted by atomic mass is 9.98. The average Bonchev–Trinajstić information content (AvgIpc) is 2.38. The van der Waals surface area contributed by atoms with E-state index >= 15 is 0 Å². The van der Waals surface area contributed by atoms with E-state index in [1.165, 1.54) is 6.07 Å². The van der Waals surface area contributed by atoms with E-state index in [9.17, 15) is 9.18 Å². The molecule has 1 atom stereocenters. The van der Waals surface area contributed by atoms with Gasteiger partial charge < -0.3 is 10.8 Å². The van der Waals surface area contributed by atoms with Crippen LogP contribution < -0.4 is 5.73 Å². The van der Waals surface area contributed by atoms with Gasteiger partial charge >= 0.3 is 5.97 Å².